The van der Waals surface area contributed by atoms with Crippen molar-refractivity contribution >= 4 is 17.5 Å². The van der Waals surface area contributed by atoms with Gasteiger partial charge in [-0.25, -0.2) is 4.39 Å². The number of carbonyl (C=O) groups excluding carboxylic acids is 2. The third-order valence-electron chi connectivity index (χ3n) is 4.21. The predicted octanol–water partition coefficient (Wildman–Crippen LogP) is 3.77. The molecule has 0 aromatic heterocycles. The summed E-state index contributed by atoms with van der Waals surface area (Å²) in [7, 11) is 2.88. The van der Waals surface area contributed by atoms with Crippen molar-refractivity contribution in [1.82, 2.24) is 4.90 Å². The molecule has 27 heavy (non-hydrogen) atoms. The van der Waals surface area contributed by atoms with Crippen molar-refractivity contribution in [2.45, 2.75) is 32.7 Å². The number of nitrogens with zero attached hydrogens (tertiary/aromatic N) is 1. The molecular weight excluding hydrogens is 347 g/mol. The van der Waals surface area contributed by atoms with Crippen molar-refractivity contribution in [2.24, 2.45) is 0 Å². The van der Waals surface area contributed by atoms with Crippen LogP contribution in [-0.2, 0) is 22.6 Å². The first-order valence-electron chi connectivity index (χ1n) is 8.92. The summed E-state index contributed by atoms with van der Waals surface area (Å²) in [6.07, 6.45) is 3.23. The molecule has 2 amide bonds. The van der Waals surface area contributed by atoms with E-state index < -0.39 is 17.6 Å². The van der Waals surface area contributed by atoms with E-state index >= 15 is 0 Å². The first-order valence-corrected chi connectivity index (χ1v) is 8.92. The summed E-state index contributed by atoms with van der Waals surface area (Å²) in [6.45, 7) is 2.25. The van der Waals surface area contributed by atoms with Crippen LogP contribution in [0.15, 0.2) is 42.5 Å². The van der Waals surface area contributed by atoms with E-state index in [1.165, 1.54) is 36.8 Å². The van der Waals surface area contributed by atoms with Crippen LogP contribution in [0.1, 0.15) is 30.9 Å². The van der Waals surface area contributed by atoms with Crippen LogP contribution >= 0.6 is 0 Å². The Labute approximate surface area is 159 Å². The standard InChI is InChI=1S/C21H25FN2O3/c1-4-5-6-15-7-10-17(11-8-15)23-20(25)21(26)24(2)14-16-9-12-19(27-3)18(22)13-16/h7-13H,4-6,14H2,1-3H3,(H,23,25). The van der Waals surface area contributed by atoms with Crippen molar-refractivity contribution in [3.8, 4) is 5.75 Å². The van der Waals surface area contributed by atoms with E-state index in [9.17, 15) is 14.0 Å². The Morgan fingerprint density at radius 2 is 1.78 bits per heavy atom. The Bertz CT molecular complexity index is 791. The fourth-order valence-corrected chi connectivity index (χ4v) is 2.65. The summed E-state index contributed by atoms with van der Waals surface area (Å²) in [5.74, 6) is -1.80. The lowest BCUT2D eigenvalue weighted by atomic mass is 10.1. The molecule has 0 atom stereocenters. The molecule has 0 unspecified atom stereocenters. The van der Waals surface area contributed by atoms with Crippen LogP contribution in [0.25, 0.3) is 0 Å². The van der Waals surface area contributed by atoms with Gasteiger partial charge in [-0.15, -0.1) is 0 Å². The molecule has 0 heterocycles. The maximum Gasteiger partial charge on any atom is 0.313 e. The number of hydrogen-bond acceptors (Lipinski definition) is 3. The summed E-state index contributed by atoms with van der Waals surface area (Å²) in [5.41, 5.74) is 2.33. The van der Waals surface area contributed by atoms with Crippen LogP contribution in [-0.4, -0.2) is 30.9 Å². The number of benzene rings is 2. The van der Waals surface area contributed by atoms with Crippen LogP contribution < -0.4 is 10.1 Å². The number of aryl methyl sites for hydroxylation is 1. The number of hydrogen-bond donors (Lipinski definition) is 1. The summed E-state index contributed by atoms with van der Waals surface area (Å²) in [5, 5.41) is 2.60. The highest BCUT2D eigenvalue weighted by atomic mass is 19.1. The first kappa shape index (κ1) is 20.4. The normalized spacial score (nSPS) is 10.4. The van der Waals surface area contributed by atoms with Gasteiger partial charge in [0.25, 0.3) is 0 Å². The largest absolute Gasteiger partial charge is 0.494 e. The second-order valence-electron chi connectivity index (χ2n) is 6.38. The van der Waals surface area contributed by atoms with Gasteiger partial charge in [0.15, 0.2) is 11.6 Å². The van der Waals surface area contributed by atoms with Gasteiger partial charge in [-0.05, 0) is 48.2 Å². The van der Waals surface area contributed by atoms with E-state index in [1.807, 2.05) is 12.1 Å². The molecule has 0 bridgehead atoms. The van der Waals surface area contributed by atoms with Gasteiger partial charge in [-0.3, -0.25) is 9.59 Å². The van der Waals surface area contributed by atoms with Gasteiger partial charge in [-0.2, -0.15) is 0 Å². The highest BCUT2D eigenvalue weighted by molar-refractivity contribution is 6.39. The van der Waals surface area contributed by atoms with Gasteiger partial charge in [-0.1, -0.05) is 31.5 Å². The summed E-state index contributed by atoms with van der Waals surface area (Å²) in [4.78, 5) is 25.7. The fourth-order valence-electron chi connectivity index (χ4n) is 2.65. The van der Waals surface area contributed by atoms with Crippen LogP contribution in [0.3, 0.4) is 0 Å². The van der Waals surface area contributed by atoms with Crippen LogP contribution in [0.2, 0.25) is 0 Å². The van der Waals surface area contributed by atoms with E-state index in [2.05, 4.69) is 12.2 Å². The quantitative estimate of drug-likeness (QED) is 0.753. The van der Waals surface area contributed by atoms with Gasteiger partial charge in [0.05, 0.1) is 7.11 Å². The lowest BCUT2D eigenvalue weighted by molar-refractivity contribution is -0.142. The highest BCUT2D eigenvalue weighted by Gasteiger charge is 2.19. The minimum Gasteiger partial charge on any atom is -0.494 e. The number of halogens is 1. The SMILES string of the molecule is CCCCc1ccc(NC(=O)C(=O)N(C)Cc2ccc(OC)c(F)c2)cc1. The monoisotopic (exact) mass is 372 g/mol. The Hall–Kier alpha value is -2.89. The number of amides is 2. The Morgan fingerprint density at radius 3 is 2.37 bits per heavy atom. The Morgan fingerprint density at radius 1 is 1.11 bits per heavy atom. The number of methoxy groups -OCH3 is 1. The van der Waals surface area contributed by atoms with Crippen LogP contribution in [0.4, 0.5) is 10.1 Å². The molecule has 0 saturated heterocycles. The average Bonchev–Trinajstić information content (AvgIpc) is 2.67. The van der Waals surface area contributed by atoms with Gasteiger partial charge in [0.2, 0.25) is 0 Å². The van der Waals surface area contributed by atoms with E-state index in [4.69, 9.17) is 4.74 Å². The maximum atomic E-state index is 13.8. The second-order valence-corrected chi connectivity index (χ2v) is 6.38. The number of likely N-dealkylation sites (N-methyl/N-ethyl adjacent to an activating group) is 1. The van der Waals surface area contributed by atoms with E-state index in [-0.39, 0.29) is 12.3 Å². The molecule has 2 aromatic rings. The van der Waals surface area contributed by atoms with Crippen molar-refractivity contribution < 1.29 is 18.7 Å². The summed E-state index contributed by atoms with van der Waals surface area (Å²) >= 11 is 0. The molecule has 0 aliphatic heterocycles. The molecule has 2 rings (SSSR count). The molecule has 0 fully saturated rings. The average molecular weight is 372 g/mol. The highest BCUT2D eigenvalue weighted by Crippen LogP contribution is 2.18. The lowest BCUT2D eigenvalue weighted by Gasteiger charge is -2.17. The molecule has 0 aliphatic carbocycles. The van der Waals surface area contributed by atoms with Gasteiger partial charge >= 0.3 is 11.8 Å². The van der Waals surface area contributed by atoms with Crippen molar-refractivity contribution in [1.29, 1.82) is 0 Å². The number of carbonyl (C=O) groups is 2. The van der Waals surface area contributed by atoms with E-state index in [1.54, 1.807) is 18.2 Å². The number of ether oxygens (including phenoxy) is 1. The zero-order valence-corrected chi connectivity index (χ0v) is 15.9. The Balaban J connectivity index is 1.93. The second kappa shape index (κ2) is 9.71. The molecular formula is C21H25FN2O3. The number of nitrogens with one attached hydrogen (secondary N) is 1. The van der Waals surface area contributed by atoms with Crippen LogP contribution in [0, 0.1) is 5.82 Å². The summed E-state index contributed by atoms with van der Waals surface area (Å²) < 4.78 is 18.6. The fraction of sp³-hybridized carbons (Fsp3) is 0.333. The van der Waals surface area contributed by atoms with E-state index in [0.717, 1.165) is 19.3 Å². The Kier molecular flexibility index (Phi) is 7.34. The number of rotatable bonds is 7. The first-order chi connectivity index (χ1) is 12.9. The molecule has 5 nitrogen and oxygen atoms in total. The van der Waals surface area contributed by atoms with Crippen molar-refractivity contribution in [3.63, 3.8) is 0 Å². The maximum absolute atomic E-state index is 13.8. The third-order valence-corrected chi connectivity index (χ3v) is 4.21. The van der Waals surface area contributed by atoms with Gasteiger partial charge < -0.3 is 15.0 Å². The minimum absolute atomic E-state index is 0.114. The van der Waals surface area contributed by atoms with Crippen LogP contribution in [0.5, 0.6) is 5.75 Å². The number of anilines is 1. The molecule has 1 N–H and O–H groups in total. The molecule has 0 radical (unpaired) electrons. The van der Waals surface area contributed by atoms with Crippen molar-refractivity contribution in [3.05, 3.63) is 59.4 Å². The molecule has 2 aromatic carbocycles. The molecule has 0 aliphatic rings. The van der Waals surface area contributed by atoms with Gasteiger partial charge in [0, 0.05) is 19.3 Å². The van der Waals surface area contributed by atoms with E-state index in [0.29, 0.717) is 11.3 Å². The third kappa shape index (κ3) is 5.81. The van der Waals surface area contributed by atoms with Crippen molar-refractivity contribution in [2.75, 3.05) is 19.5 Å². The predicted molar refractivity (Wildman–Crippen MR) is 103 cm³/mol. The summed E-state index contributed by atoms with van der Waals surface area (Å²) in [6, 6.07) is 11.9. The zero-order valence-electron chi connectivity index (χ0n) is 15.9. The zero-order chi connectivity index (χ0) is 19.8. The number of unbranched alkanes of at least 4 members (excludes halogenated alkanes) is 1. The smallest absolute Gasteiger partial charge is 0.313 e. The van der Waals surface area contributed by atoms with Gasteiger partial charge in [0.1, 0.15) is 0 Å². The molecule has 0 saturated carbocycles. The minimum atomic E-state index is -0.729. The molecule has 6 heteroatoms. The topological polar surface area (TPSA) is 58.6 Å². The lowest BCUT2D eigenvalue weighted by Crippen LogP contribution is -2.36. The molecule has 0 spiro atoms. The molecule has 144 valence electrons.